The standard InChI is InChI=1S/C25H33NO4/c1-28-14-15-30-19-22-8-6-20(7-9-22)16-21-10-12-26(13-11-21)25(27)18-23-4-3-5-24(17-23)29-2/h3-9,17,21H,10-16,18-19H2,1-2H3. The maximum atomic E-state index is 12.7. The Bertz CT molecular complexity index is 782. The first-order valence-electron chi connectivity index (χ1n) is 10.7. The molecule has 0 radical (unpaired) electrons. The fourth-order valence-corrected chi connectivity index (χ4v) is 3.89. The minimum Gasteiger partial charge on any atom is -0.497 e. The number of benzene rings is 2. The molecule has 1 aliphatic rings. The summed E-state index contributed by atoms with van der Waals surface area (Å²) in [4.78, 5) is 14.7. The molecule has 1 amide bonds. The lowest BCUT2D eigenvalue weighted by Crippen LogP contribution is -2.39. The van der Waals surface area contributed by atoms with Gasteiger partial charge in [0.05, 0.1) is 33.4 Å². The van der Waals surface area contributed by atoms with Crippen molar-refractivity contribution in [2.75, 3.05) is 40.5 Å². The molecule has 0 unspecified atom stereocenters. The van der Waals surface area contributed by atoms with E-state index in [0.717, 1.165) is 43.7 Å². The van der Waals surface area contributed by atoms with Crippen LogP contribution in [-0.2, 0) is 33.7 Å². The van der Waals surface area contributed by atoms with E-state index in [1.165, 1.54) is 11.1 Å². The molecule has 0 saturated carbocycles. The van der Waals surface area contributed by atoms with Gasteiger partial charge in [-0.25, -0.2) is 0 Å². The van der Waals surface area contributed by atoms with Crippen molar-refractivity contribution in [2.24, 2.45) is 5.92 Å². The van der Waals surface area contributed by atoms with Crippen molar-refractivity contribution in [3.05, 3.63) is 65.2 Å². The summed E-state index contributed by atoms with van der Waals surface area (Å²) >= 11 is 0. The molecular weight excluding hydrogens is 378 g/mol. The van der Waals surface area contributed by atoms with Gasteiger partial charge in [0.1, 0.15) is 5.75 Å². The number of carbonyl (C=O) groups is 1. The Labute approximate surface area is 179 Å². The fourth-order valence-electron chi connectivity index (χ4n) is 3.89. The maximum absolute atomic E-state index is 12.7. The summed E-state index contributed by atoms with van der Waals surface area (Å²) in [5, 5.41) is 0. The summed E-state index contributed by atoms with van der Waals surface area (Å²) in [5.41, 5.74) is 3.55. The Morgan fingerprint density at radius 1 is 0.967 bits per heavy atom. The highest BCUT2D eigenvalue weighted by atomic mass is 16.5. The van der Waals surface area contributed by atoms with Crippen molar-refractivity contribution >= 4 is 5.91 Å². The number of piperidine rings is 1. The number of hydrogen-bond acceptors (Lipinski definition) is 4. The molecule has 0 aliphatic carbocycles. The quantitative estimate of drug-likeness (QED) is 0.557. The molecule has 0 bridgehead atoms. The molecule has 1 heterocycles. The van der Waals surface area contributed by atoms with Crippen molar-refractivity contribution in [3.63, 3.8) is 0 Å². The molecule has 3 rings (SSSR count). The number of nitrogens with zero attached hydrogens (tertiary/aromatic N) is 1. The molecule has 5 nitrogen and oxygen atoms in total. The van der Waals surface area contributed by atoms with Crippen molar-refractivity contribution < 1.29 is 19.0 Å². The first kappa shape index (κ1) is 22.3. The van der Waals surface area contributed by atoms with Gasteiger partial charge in [0, 0.05) is 20.2 Å². The highest BCUT2D eigenvalue weighted by Gasteiger charge is 2.23. The summed E-state index contributed by atoms with van der Waals surface area (Å²) in [6.45, 7) is 3.56. The van der Waals surface area contributed by atoms with Gasteiger partial charge in [0.2, 0.25) is 5.91 Å². The minimum atomic E-state index is 0.208. The third-order valence-corrected chi connectivity index (χ3v) is 5.70. The number of carbonyl (C=O) groups excluding carboxylic acids is 1. The molecule has 0 aromatic heterocycles. The zero-order valence-corrected chi connectivity index (χ0v) is 18.1. The van der Waals surface area contributed by atoms with Crippen LogP contribution in [0.3, 0.4) is 0 Å². The van der Waals surface area contributed by atoms with E-state index in [1.54, 1.807) is 14.2 Å². The van der Waals surface area contributed by atoms with Crippen LogP contribution in [0, 0.1) is 5.92 Å². The Morgan fingerprint density at radius 2 is 1.70 bits per heavy atom. The van der Waals surface area contributed by atoms with Crippen LogP contribution in [0.4, 0.5) is 0 Å². The second kappa shape index (κ2) is 11.7. The largest absolute Gasteiger partial charge is 0.497 e. The second-order valence-electron chi connectivity index (χ2n) is 7.92. The molecule has 0 spiro atoms. The normalized spacial score (nSPS) is 14.7. The summed E-state index contributed by atoms with van der Waals surface area (Å²) < 4.78 is 15.8. The molecule has 2 aromatic carbocycles. The summed E-state index contributed by atoms with van der Waals surface area (Å²) in [6.07, 6.45) is 3.63. The van der Waals surface area contributed by atoms with Gasteiger partial charge in [-0.3, -0.25) is 4.79 Å². The van der Waals surface area contributed by atoms with Crippen molar-refractivity contribution in [1.82, 2.24) is 4.90 Å². The molecule has 5 heteroatoms. The molecule has 162 valence electrons. The van der Waals surface area contributed by atoms with E-state index in [2.05, 4.69) is 24.3 Å². The topological polar surface area (TPSA) is 48.0 Å². The third kappa shape index (κ3) is 6.85. The van der Waals surface area contributed by atoms with E-state index in [0.29, 0.717) is 32.2 Å². The van der Waals surface area contributed by atoms with Gasteiger partial charge in [-0.05, 0) is 54.0 Å². The predicted molar refractivity (Wildman–Crippen MR) is 118 cm³/mol. The molecule has 1 fully saturated rings. The lowest BCUT2D eigenvalue weighted by atomic mass is 9.89. The highest BCUT2D eigenvalue weighted by Crippen LogP contribution is 2.23. The zero-order valence-electron chi connectivity index (χ0n) is 18.1. The van der Waals surface area contributed by atoms with Crippen molar-refractivity contribution in [2.45, 2.75) is 32.3 Å². The zero-order chi connectivity index (χ0) is 21.2. The van der Waals surface area contributed by atoms with Gasteiger partial charge >= 0.3 is 0 Å². The van der Waals surface area contributed by atoms with Crippen LogP contribution in [0.1, 0.15) is 29.5 Å². The average molecular weight is 412 g/mol. The molecule has 1 saturated heterocycles. The molecule has 1 aliphatic heterocycles. The van der Waals surface area contributed by atoms with E-state index in [1.807, 2.05) is 29.2 Å². The molecule has 0 atom stereocenters. The van der Waals surface area contributed by atoms with Gasteiger partial charge in [-0.2, -0.15) is 0 Å². The van der Waals surface area contributed by atoms with Crippen LogP contribution >= 0.6 is 0 Å². The van der Waals surface area contributed by atoms with Gasteiger partial charge in [0.15, 0.2) is 0 Å². The van der Waals surface area contributed by atoms with E-state index in [9.17, 15) is 4.79 Å². The summed E-state index contributed by atoms with van der Waals surface area (Å²) in [6, 6.07) is 16.5. The maximum Gasteiger partial charge on any atom is 0.226 e. The smallest absolute Gasteiger partial charge is 0.226 e. The Balaban J connectivity index is 1.41. The van der Waals surface area contributed by atoms with Crippen LogP contribution in [0.25, 0.3) is 0 Å². The number of likely N-dealkylation sites (tertiary alicyclic amines) is 1. The monoisotopic (exact) mass is 411 g/mol. The number of amides is 1. The second-order valence-corrected chi connectivity index (χ2v) is 7.92. The predicted octanol–water partition coefficient (Wildman–Crippen LogP) is 3.88. The van der Waals surface area contributed by atoms with Gasteiger partial charge in [-0.15, -0.1) is 0 Å². The molecular formula is C25H33NO4. The van der Waals surface area contributed by atoms with Crippen LogP contribution < -0.4 is 4.74 Å². The fraction of sp³-hybridized carbons (Fsp3) is 0.480. The van der Waals surface area contributed by atoms with Gasteiger partial charge < -0.3 is 19.1 Å². The minimum absolute atomic E-state index is 0.208. The van der Waals surface area contributed by atoms with Crippen molar-refractivity contribution in [3.8, 4) is 5.75 Å². The Hall–Kier alpha value is -2.37. The Morgan fingerprint density at radius 3 is 2.40 bits per heavy atom. The van der Waals surface area contributed by atoms with Crippen LogP contribution in [0.5, 0.6) is 5.75 Å². The summed E-state index contributed by atoms with van der Waals surface area (Å²) in [5.74, 6) is 1.64. The van der Waals surface area contributed by atoms with Gasteiger partial charge in [0.25, 0.3) is 0 Å². The summed E-state index contributed by atoms with van der Waals surface area (Å²) in [7, 11) is 3.33. The van der Waals surface area contributed by atoms with Crippen LogP contribution in [0.2, 0.25) is 0 Å². The molecule has 0 N–H and O–H groups in total. The number of rotatable bonds is 10. The number of methoxy groups -OCH3 is 2. The first-order valence-corrected chi connectivity index (χ1v) is 10.7. The van der Waals surface area contributed by atoms with Crippen LogP contribution in [-0.4, -0.2) is 51.3 Å². The van der Waals surface area contributed by atoms with E-state index < -0.39 is 0 Å². The number of hydrogen-bond donors (Lipinski definition) is 0. The van der Waals surface area contributed by atoms with E-state index in [-0.39, 0.29) is 5.91 Å². The SMILES string of the molecule is COCCOCc1ccc(CC2CCN(C(=O)Cc3cccc(OC)c3)CC2)cc1. The lowest BCUT2D eigenvalue weighted by Gasteiger charge is -2.32. The van der Waals surface area contributed by atoms with E-state index in [4.69, 9.17) is 14.2 Å². The van der Waals surface area contributed by atoms with Crippen LogP contribution in [0.15, 0.2) is 48.5 Å². The van der Waals surface area contributed by atoms with E-state index >= 15 is 0 Å². The average Bonchev–Trinajstić information content (AvgIpc) is 2.78. The lowest BCUT2D eigenvalue weighted by molar-refractivity contribution is -0.131. The number of ether oxygens (including phenoxy) is 3. The highest BCUT2D eigenvalue weighted by molar-refractivity contribution is 5.79. The molecule has 2 aromatic rings. The van der Waals surface area contributed by atoms with Crippen molar-refractivity contribution in [1.29, 1.82) is 0 Å². The third-order valence-electron chi connectivity index (χ3n) is 5.70. The Kier molecular flexibility index (Phi) is 8.72. The molecule has 30 heavy (non-hydrogen) atoms. The first-order chi connectivity index (χ1) is 14.7. The van der Waals surface area contributed by atoms with Gasteiger partial charge in [-0.1, -0.05) is 36.4 Å².